The molecular formula is C15H14BrCl. The van der Waals surface area contributed by atoms with Crippen molar-refractivity contribution in [3.8, 4) is 0 Å². The lowest BCUT2D eigenvalue weighted by molar-refractivity contribution is 0.776. The zero-order valence-electron chi connectivity index (χ0n) is 9.44. The maximum Gasteiger partial charge on any atom is 0.0408 e. The summed E-state index contributed by atoms with van der Waals surface area (Å²) in [7, 11) is 0. The molecule has 0 spiro atoms. The van der Waals surface area contributed by atoms with Gasteiger partial charge in [0.05, 0.1) is 0 Å². The second kappa shape index (κ2) is 6.23. The fraction of sp³-hybridized carbons (Fsp3) is 0.200. The lowest BCUT2D eigenvalue weighted by atomic mass is 9.94. The highest BCUT2D eigenvalue weighted by atomic mass is 79.9. The number of rotatable bonds is 4. The Morgan fingerprint density at radius 2 is 1.76 bits per heavy atom. The summed E-state index contributed by atoms with van der Waals surface area (Å²) in [6, 6.07) is 18.7. The van der Waals surface area contributed by atoms with E-state index in [9.17, 15) is 0 Å². The van der Waals surface area contributed by atoms with E-state index in [0.717, 1.165) is 16.8 Å². The first-order valence-corrected chi connectivity index (χ1v) is 7.15. The van der Waals surface area contributed by atoms with Crippen molar-refractivity contribution in [1.82, 2.24) is 0 Å². The van der Waals surface area contributed by atoms with Crippen LogP contribution < -0.4 is 0 Å². The molecule has 0 amide bonds. The minimum atomic E-state index is 0.469. The summed E-state index contributed by atoms with van der Waals surface area (Å²) in [5, 5.41) is 1.75. The Kier molecular flexibility index (Phi) is 4.64. The monoisotopic (exact) mass is 308 g/mol. The predicted molar refractivity (Wildman–Crippen MR) is 78.1 cm³/mol. The molecule has 0 saturated heterocycles. The van der Waals surface area contributed by atoms with Crippen LogP contribution in [0.1, 0.15) is 17.0 Å². The van der Waals surface area contributed by atoms with Gasteiger partial charge in [-0.05, 0) is 35.6 Å². The number of alkyl halides is 1. The zero-order valence-corrected chi connectivity index (χ0v) is 11.8. The molecule has 0 N–H and O–H groups in total. The first-order chi connectivity index (χ1) is 8.29. The SMILES string of the molecule is Clc1cccc(C(CBr)Cc2ccccc2)c1. The van der Waals surface area contributed by atoms with E-state index >= 15 is 0 Å². The average molecular weight is 310 g/mol. The van der Waals surface area contributed by atoms with Crippen LogP contribution >= 0.6 is 27.5 Å². The Balaban J connectivity index is 2.17. The van der Waals surface area contributed by atoms with Crippen LogP contribution in [-0.2, 0) is 6.42 Å². The highest BCUT2D eigenvalue weighted by Crippen LogP contribution is 2.25. The van der Waals surface area contributed by atoms with Gasteiger partial charge in [-0.3, -0.25) is 0 Å². The molecule has 0 aromatic heterocycles. The van der Waals surface area contributed by atoms with Gasteiger partial charge in [0.25, 0.3) is 0 Å². The molecule has 2 aromatic carbocycles. The third-order valence-electron chi connectivity index (χ3n) is 2.83. The Hall–Kier alpha value is -0.790. The van der Waals surface area contributed by atoms with Crippen molar-refractivity contribution in [3.63, 3.8) is 0 Å². The molecule has 0 aliphatic carbocycles. The normalized spacial score (nSPS) is 12.4. The molecule has 0 nitrogen and oxygen atoms in total. The molecule has 1 unspecified atom stereocenters. The van der Waals surface area contributed by atoms with Crippen LogP contribution in [0.15, 0.2) is 54.6 Å². The highest BCUT2D eigenvalue weighted by molar-refractivity contribution is 9.09. The molecule has 0 bridgehead atoms. The van der Waals surface area contributed by atoms with Crippen molar-refractivity contribution in [2.75, 3.05) is 5.33 Å². The third-order valence-corrected chi connectivity index (χ3v) is 3.85. The largest absolute Gasteiger partial charge is 0.0921 e. The van der Waals surface area contributed by atoms with E-state index in [1.165, 1.54) is 11.1 Å². The number of hydrogen-bond acceptors (Lipinski definition) is 0. The first-order valence-electron chi connectivity index (χ1n) is 5.65. The molecule has 1 atom stereocenters. The third kappa shape index (κ3) is 3.58. The number of benzene rings is 2. The predicted octanol–water partition coefficient (Wildman–Crippen LogP) is 5.06. The molecule has 2 rings (SSSR count). The van der Waals surface area contributed by atoms with Crippen molar-refractivity contribution < 1.29 is 0 Å². The average Bonchev–Trinajstić information content (AvgIpc) is 2.37. The summed E-state index contributed by atoms with van der Waals surface area (Å²) in [4.78, 5) is 0. The lowest BCUT2D eigenvalue weighted by Crippen LogP contribution is -2.04. The van der Waals surface area contributed by atoms with E-state index in [1.54, 1.807) is 0 Å². The van der Waals surface area contributed by atoms with Gasteiger partial charge in [0.15, 0.2) is 0 Å². The molecule has 2 aromatic rings. The van der Waals surface area contributed by atoms with E-state index in [0.29, 0.717) is 5.92 Å². The maximum absolute atomic E-state index is 6.03. The van der Waals surface area contributed by atoms with Crippen molar-refractivity contribution in [1.29, 1.82) is 0 Å². The maximum atomic E-state index is 6.03. The van der Waals surface area contributed by atoms with Gasteiger partial charge in [-0.2, -0.15) is 0 Å². The Morgan fingerprint density at radius 3 is 2.41 bits per heavy atom. The molecule has 0 aliphatic heterocycles. The summed E-state index contributed by atoms with van der Waals surface area (Å²) in [5.74, 6) is 0.469. The fourth-order valence-corrected chi connectivity index (χ4v) is 2.72. The van der Waals surface area contributed by atoms with Gasteiger partial charge in [0.2, 0.25) is 0 Å². The van der Waals surface area contributed by atoms with Crippen LogP contribution in [0.5, 0.6) is 0 Å². The summed E-state index contributed by atoms with van der Waals surface area (Å²) < 4.78 is 0. The van der Waals surface area contributed by atoms with Crippen molar-refractivity contribution in [2.24, 2.45) is 0 Å². The quantitative estimate of drug-likeness (QED) is 0.692. The Bertz CT molecular complexity index is 467. The second-order valence-corrected chi connectivity index (χ2v) is 5.18. The van der Waals surface area contributed by atoms with Gasteiger partial charge in [-0.15, -0.1) is 0 Å². The molecule has 0 radical (unpaired) electrons. The van der Waals surface area contributed by atoms with Crippen LogP contribution in [0.4, 0.5) is 0 Å². The van der Waals surface area contributed by atoms with E-state index in [1.807, 2.05) is 18.2 Å². The van der Waals surface area contributed by atoms with E-state index in [2.05, 4.69) is 52.3 Å². The summed E-state index contributed by atoms with van der Waals surface area (Å²) in [5.41, 5.74) is 2.65. The van der Waals surface area contributed by atoms with Crippen LogP contribution in [0.25, 0.3) is 0 Å². The molecule has 17 heavy (non-hydrogen) atoms. The molecule has 0 fully saturated rings. The van der Waals surface area contributed by atoms with Gasteiger partial charge in [0, 0.05) is 10.4 Å². The summed E-state index contributed by atoms with van der Waals surface area (Å²) in [6.07, 6.45) is 1.03. The summed E-state index contributed by atoms with van der Waals surface area (Å²) in [6.45, 7) is 0. The Labute approximate surface area is 116 Å². The molecule has 88 valence electrons. The van der Waals surface area contributed by atoms with Crippen LogP contribution in [0.2, 0.25) is 5.02 Å². The van der Waals surface area contributed by atoms with Gasteiger partial charge >= 0.3 is 0 Å². The van der Waals surface area contributed by atoms with Gasteiger partial charge < -0.3 is 0 Å². The molecular weight excluding hydrogens is 296 g/mol. The zero-order chi connectivity index (χ0) is 12.1. The Morgan fingerprint density at radius 1 is 1.00 bits per heavy atom. The first kappa shape index (κ1) is 12.7. The topological polar surface area (TPSA) is 0 Å². The van der Waals surface area contributed by atoms with Gasteiger partial charge in [-0.1, -0.05) is 70.0 Å². The number of halogens is 2. The number of hydrogen-bond donors (Lipinski definition) is 0. The highest BCUT2D eigenvalue weighted by Gasteiger charge is 2.11. The van der Waals surface area contributed by atoms with E-state index in [4.69, 9.17) is 11.6 Å². The van der Waals surface area contributed by atoms with Crippen LogP contribution in [-0.4, -0.2) is 5.33 Å². The molecule has 0 aliphatic rings. The van der Waals surface area contributed by atoms with E-state index < -0.39 is 0 Å². The lowest BCUT2D eigenvalue weighted by Gasteiger charge is -2.15. The minimum Gasteiger partial charge on any atom is -0.0921 e. The van der Waals surface area contributed by atoms with Crippen molar-refractivity contribution in [2.45, 2.75) is 12.3 Å². The molecule has 2 heteroatoms. The van der Waals surface area contributed by atoms with Gasteiger partial charge in [-0.25, -0.2) is 0 Å². The standard InChI is InChI=1S/C15H14BrCl/c16-11-14(9-12-5-2-1-3-6-12)13-7-4-8-15(17)10-13/h1-8,10,14H,9,11H2. The van der Waals surface area contributed by atoms with Crippen LogP contribution in [0, 0.1) is 0 Å². The molecule has 0 heterocycles. The second-order valence-electron chi connectivity index (χ2n) is 4.10. The van der Waals surface area contributed by atoms with Crippen molar-refractivity contribution >= 4 is 27.5 Å². The van der Waals surface area contributed by atoms with E-state index in [-0.39, 0.29) is 0 Å². The fourth-order valence-electron chi connectivity index (χ4n) is 1.92. The van der Waals surface area contributed by atoms with Crippen LogP contribution in [0.3, 0.4) is 0 Å². The van der Waals surface area contributed by atoms with Gasteiger partial charge in [0.1, 0.15) is 0 Å². The molecule has 0 saturated carbocycles. The minimum absolute atomic E-state index is 0.469. The van der Waals surface area contributed by atoms with Crippen molar-refractivity contribution in [3.05, 3.63) is 70.7 Å². The smallest absolute Gasteiger partial charge is 0.0408 e. The summed E-state index contributed by atoms with van der Waals surface area (Å²) >= 11 is 9.63.